The van der Waals surface area contributed by atoms with Gasteiger partial charge in [0.1, 0.15) is 6.04 Å². The molecule has 0 saturated carbocycles. The molecule has 0 aliphatic carbocycles. The standard InChI is InChI=1S/C31H29NO3S.Li.H/c1-21-8-6-7-11-26(21)28-20-25(24-14-12-23(13-15-24)22-9-4-3-5-10-22)16-17-27(28)30(33)32-29(31(34)35)18-19-36-2;;/h3-17,20,29H,18-19H2,1-2H3,(H,32,33)(H,34,35);;/q;+1;-1. The van der Waals surface area contributed by atoms with E-state index in [1.165, 1.54) is 0 Å². The molecule has 0 heterocycles. The van der Waals surface area contributed by atoms with E-state index in [9.17, 15) is 14.7 Å². The summed E-state index contributed by atoms with van der Waals surface area (Å²) in [7, 11) is 0. The Kier molecular flexibility index (Phi) is 10.2. The van der Waals surface area contributed by atoms with Crippen LogP contribution >= 0.6 is 11.8 Å². The summed E-state index contributed by atoms with van der Waals surface area (Å²) >= 11 is 1.56. The molecular weight excluding hydrogens is 473 g/mol. The van der Waals surface area contributed by atoms with Gasteiger partial charge in [0.15, 0.2) is 0 Å². The molecule has 2 N–H and O–H groups in total. The van der Waals surface area contributed by atoms with Gasteiger partial charge in [-0.1, -0.05) is 84.9 Å². The van der Waals surface area contributed by atoms with Gasteiger partial charge in [-0.25, -0.2) is 4.79 Å². The molecule has 0 aliphatic heterocycles. The number of carbonyl (C=O) groups excluding carboxylic acids is 1. The maximum Gasteiger partial charge on any atom is 1.00 e. The third-order valence-electron chi connectivity index (χ3n) is 6.24. The molecule has 4 aromatic rings. The summed E-state index contributed by atoms with van der Waals surface area (Å²) in [6, 6.07) is 31.3. The minimum Gasteiger partial charge on any atom is -1.00 e. The van der Waals surface area contributed by atoms with Crippen LogP contribution in [0.1, 0.15) is 23.8 Å². The predicted octanol–water partition coefficient (Wildman–Crippen LogP) is 4.05. The third-order valence-corrected chi connectivity index (χ3v) is 6.88. The fraction of sp³-hybridized carbons (Fsp3) is 0.161. The van der Waals surface area contributed by atoms with E-state index in [4.69, 9.17) is 0 Å². The van der Waals surface area contributed by atoms with E-state index in [1.807, 2.05) is 67.8 Å². The molecule has 6 heteroatoms. The van der Waals surface area contributed by atoms with Gasteiger partial charge in [0.2, 0.25) is 0 Å². The molecule has 1 unspecified atom stereocenters. The van der Waals surface area contributed by atoms with Gasteiger partial charge in [-0.15, -0.1) is 0 Å². The fourth-order valence-corrected chi connectivity index (χ4v) is 4.71. The molecule has 0 spiro atoms. The van der Waals surface area contributed by atoms with E-state index < -0.39 is 12.0 Å². The normalized spacial score (nSPS) is 11.3. The van der Waals surface area contributed by atoms with Crippen LogP contribution in [0.3, 0.4) is 0 Å². The Labute approximate surface area is 236 Å². The number of rotatable bonds is 9. The zero-order valence-electron chi connectivity index (χ0n) is 22.4. The Morgan fingerprint density at radius 2 is 1.38 bits per heavy atom. The van der Waals surface area contributed by atoms with Gasteiger partial charge in [-0.05, 0) is 76.4 Å². The van der Waals surface area contributed by atoms with E-state index in [2.05, 4.69) is 41.7 Å². The molecular formula is C31H30LiNO3S. The van der Waals surface area contributed by atoms with Crippen LogP contribution in [0.25, 0.3) is 33.4 Å². The smallest absolute Gasteiger partial charge is 1.00 e. The Morgan fingerprint density at radius 3 is 2.00 bits per heavy atom. The van der Waals surface area contributed by atoms with Gasteiger partial charge in [0.25, 0.3) is 5.91 Å². The average molecular weight is 504 g/mol. The molecule has 4 aromatic carbocycles. The number of hydrogen-bond acceptors (Lipinski definition) is 3. The van der Waals surface area contributed by atoms with Gasteiger partial charge < -0.3 is 11.8 Å². The second kappa shape index (κ2) is 13.4. The molecule has 4 nitrogen and oxygen atoms in total. The molecule has 4 rings (SSSR count). The summed E-state index contributed by atoms with van der Waals surface area (Å²) in [5.41, 5.74) is 7.56. The molecule has 0 aromatic heterocycles. The Balaban J connectivity index is 0.00000253. The van der Waals surface area contributed by atoms with Crippen molar-refractivity contribution < 1.29 is 35.0 Å². The summed E-state index contributed by atoms with van der Waals surface area (Å²) in [5, 5.41) is 12.3. The maximum atomic E-state index is 13.3. The number of aryl methyl sites for hydroxylation is 1. The first-order valence-corrected chi connectivity index (χ1v) is 13.3. The Morgan fingerprint density at radius 1 is 0.811 bits per heavy atom. The molecule has 0 bridgehead atoms. The van der Waals surface area contributed by atoms with Crippen molar-refractivity contribution in [2.75, 3.05) is 12.0 Å². The summed E-state index contributed by atoms with van der Waals surface area (Å²) in [6.07, 6.45) is 2.29. The summed E-state index contributed by atoms with van der Waals surface area (Å²) < 4.78 is 0. The molecule has 37 heavy (non-hydrogen) atoms. The maximum absolute atomic E-state index is 13.3. The van der Waals surface area contributed by atoms with Gasteiger partial charge in [0.05, 0.1) is 0 Å². The van der Waals surface area contributed by atoms with Crippen molar-refractivity contribution in [1.29, 1.82) is 0 Å². The van der Waals surface area contributed by atoms with E-state index in [-0.39, 0.29) is 26.2 Å². The molecule has 0 aliphatic rings. The quantitative estimate of drug-likeness (QED) is 0.338. The minimum atomic E-state index is -1.02. The SMILES string of the molecule is CSCCC(NC(=O)c1ccc(-c2ccc(-c3ccccc3)cc2)cc1-c1ccccc1C)C(=O)O.[H-].[Li+]. The van der Waals surface area contributed by atoms with Gasteiger partial charge in [-0.3, -0.25) is 4.79 Å². The topological polar surface area (TPSA) is 66.4 Å². The van der Waals surface area contributed by atoms with Crippen LogP contribution in [-0.4, -0.2) is 35.0 Å². The predicted molar refractivity (Wildman–Crippen MR) is 150 cm³/mol. The van der Waals surface area contributed by atoms with Crippen molar-refractivity contribution in [3.63, 3.8) is 0 Å². The van der Waals surface area contributed by atoms with Crippen LogP contribution in [0.2, 0.25) is 0 Å². The largest absolute Gasteiger partial charge is 1.00 e. The molecule has 0 radical (unpaired) electrons. The number of thioether (sulfide) groups is 1. The number of benzene rings is 4. The van der Waals surface area contributed by atoms with E-state index in [0.29, 0.717) is 17.7 Å². The average Bonchev–Trinajstić information content (AvgIpc) is 2.91. The van der Waals surface area contributed by atoms with Crippen LogP contribution in [0.5, 0.6) is 0 Å². The van der Waals surface area contributed by atoms with Crippen molar-refractivity contribution in [2.24, 2.45) is 0 Å². The molecule has 0 saturated heterocycles. The van der Waals surface area contributed by atoms with Gasteiger partial charge in [0, 0.05) is 5.56 Å². The Hall–Kier alpha value is -3.23. The monoisotopic (exact) mass is 503 g/mol. The van der Waals surface area contributed by atoms with E-state index in [1.54, 1.807) is 17.8 Å². The first kappa shape index (κ1) is 28.3. The van der Waals surface area contributed by atoms with Crippen LogP contribution in [-0.2, 0) is 4.79 Å². The second-order valence-corrected chi connectivity index (χ2v) is 9.65. The number of carbonyl (C=O) groups is 2. The number of hydrogen-bond donors (Lipinski definition) is 2. The van der Waals surface area contributed by atoms with Crippen molar-refractivity contribution >= 4 is 23.6 Å². The Bertz CT molecular complexity index is 1360. The van der Waals surface area contributed by atoms with Crippen LogP contribution in [0, 0.1) is 6.92 Å². The molecule has 184 valence electrons. The fourth-order valence-electron chi connectivity index (χ4n) is 4.23. The van der Waals surface area contributed by atoms with Crippen molar-refractivity contribution in [3.05, 3.63) is 108 Å². The zero-order chi connectivity index (χ0) is 25.5. The number of carboxylic acid groups (broad SMARTS) is 1. The van der Waals surface area contributed by atoms with Crippen molar-refractivity contribution in [1.82, 2.24) is 5.32 Å². The van der Waals surface area contributed by atoms with Crippen LogP contribution < -0.4 is 24.2 Å². The number of aliphatic carboxylic acids is 1. The number of amides is 1. The zero-order valence-corrected chi connectivity index (χ0v) is 22.2. The first-order valence-electron chi connectivity index (χ1n) is 11.9. The third kappa shape index (κ3) is 6.96. The van der Waals surface area contributed by atoms with Gasteiger partial charge in [-0.2, -0.15) is 11.8 Å². The van der Waals surface area contributed by atoms with E-state index in [0.717, 1.165) is 38.9 Å². The summed E-state index contributed by atoms with van der Waals surface area (Å²) in [4.78, 5) is 25.0. The molecule has 1 amide bonds. The van der Waals surface area contributed by atoms with Crippen molar-refractivity contribution in [3.8, 4) is 33.4 Å². The number of nitrogens with one attached hydrogen (secondary N) is 1. The van der Waals surface area contributed by atoms with Crippen LogP contribution in [0.4, 0.5) is 0 Å². The van der Waals surface area contributed by atoms with Gasteiger partial charge >= 0.3 is 24.8 Å². The molecule has 0 fully saturated rings. The molecule has 1 atom stereocenters. The minimum absolute atomic E-state index is 0. The number of carboxylic acids is 1. The first-order chi connectivity index (χ1) is 17.5. The summed E-state index contributed by atoms with van der Waals surface area (Å²) in [5.74, 6) is -0.752. The van der Waals surface area contributed by atoms with Crippen molar-refractivity contribution in [2.45, 2.75) is 19.4 Å². The van der Waals surface area contributed by atoms with Crippen LogP contribution in [0.15, 0.2) is 97.1 Å². The van der Waals surface area contributed by atoms with E-state index >= 15 is 0 Å². The second-order valence-electron chi connectivity index (χ2n) is 8.66. The summed E-state index contributed by atoms with van der Waals surface area (Å²) in [6.45, 7) is 2.01.